The van der Waals surface area contributed by atoms with Gasteiger partial charge in [-0.05, 0) is 43.0 Å². The third-order valence-electron chi connectivity index (χ3n) is 7.84. The molecule has 1 aliphatic heterocycles. The van der Waals surface area contributed by atoms with Gasteiger partial charge in [0.2, 0.25) is 0 Å². The van der Waals surface area contributed by atoms with E-state index in [4.69, 9.17) is 9.72 Å². The Morgan fingerprint density at radius 3 is 2.69 bits per heavy atom. The van der Waals surface area contributed by atoms with E-state index in [9.17, 15) is 4.39 Å². The van der Waals surface area contributed by atoms with E-state index in [0.717, 1.165) is 33.3 Å². The number of nitrogens with zero attached hydrogens (tertiary/aromatic N) is 4. The Bertz CT molecular complexity index is 1860. The van der Waals surface area contributed by atoms with Crippen LogP contribution < -0.4 is 5.32 Å². The van der Waals surface area contributed by atoms with Gasteiger partial charge in [-0.1, -0.05) is 36.8 Å². The number of aromatic amines is 2. The molecule has 3 N–H and O–H groups in total. The van der Waals surface area contributed by atoms with Crippen molar-refractivity contribution in [3.05, 3.63) is 79.0 Å². The van der Waals surface area contributed by atoms with E-state index in [1.807, 2.05) is 48.9 Å². The SMILES string of the molecule is Fc1ccccc1-c1cccc2[nH]c(-c3n[nH]c4ncc(-c5cncc(NC6OC6C6CCC6)c5)cc34)nc12. The van der Waals surface area contributed by atoms with Crippen molar-refractivity contribution in [2.75, 3.05) is 5.32 Å². The molecule has 39 heavy (non-hydrogen) atoms. The topological polar surface area (TPSA) is 108 Å². The number of epoxide rings is 1. The Morgan fingerprint density at radius 2 is 1.82 bits per heavy atom. The lowest BCUT2D eigenvalue weighted by molar-refractivity contribution is 0.231. The van der Waals surface area contributed by atoms with E-state index in [0.29, 0.717) is 40.3 Å². The lowest BCUT2D eigenvalue weighted by Gasteiger charge is -2.23. The van der Waals surface area contributed by atoms with Crippen LogP contribution in [0.4, 0.5) is 10.1 Å². The van der Waals surface area contributed by atoms with Gasteiger partial charge < -0.3 is 15.0 Å². The number of pyridine rings is 2. The Balaban J connectivity index is 1.14. The molecule has 2 atom stereocenters. The molecule has 2 unspecified atom stereocenters. The number of H-pyrrole nitrogens is 2. The molecule has 2 aromatic carbocycles. The summed E-state index contributed by atoms with van der Waals surface area (Å²) in [6.45, 7) is 0. The van der Waals surface area contributed by atoms with Gasteiger partial charge in [-0.3, -0.25) is 10.1 Å². The zero-order chi connectivity index (χ0) is 25.9. The van der Waals surface area contributed by atoms with Crippen LogP contribution in [-0.4, -0.2) is 42.5 Å². The van der Waals surface area contributed by atoms with E-state index in [1.54, 1.807) is 12.1 Å². The largest absolute Gasteiger partial charge is 0.357 e. The molecule has 1 saturated heterocycles. The van der Waals surface area contributed by atoms with Crippen LogP contribution in [0.3, 0.4) is 0 Å². The number of ether oxygens (including phenoxy) is 1. The van der Waals surface area contributed by atoms with Gasteiger partial charge in [0.25, 0.3) is 0 Å². The average molecular weight is 518 g/mol. The Hall–Kier alpha value is -4.63. The Labute approximate surface area is 222 Å². The number of hydrogen-bond donors (Lipinski definition) is 3. The van der Waals surface area contributed by atoms with Gasteiger partial charge >= 0.3 is 0 Å². The van der Waals surface area contributed by atoms with Crippen LogP contribution in [0.5, 0.6) is 0 Å². The molecular weight excluding hydrogens is 493 g/mol. The molecule has 6 aromatic rings. The fourth-order valence-electron chi connectivity index (χ4n) is 5.49. The normalized spacial score (nSPS) is 18.9. The van der Waals surface area contributed by atoms with E-state index in [1.165, 1.54) is 25.3 Å². The molecular formula is C30H24FN7O. The number of nitrogens with one attached hydrogen (secondary N) is 3. The molecule has 8 rings (SSSR count). The number of para-hydroxylation sites is 1. The van der Waals surface area contributed by atoms with Crippen LogP contribution in [0.25, 0.3) is 55.8 Å². The van der Waals surface area contributed by atoms with E-state index in [2.05, 4.69) is 36.5 Å². The number of halogens is 1. The molecule has 4 aromatic heterocycles. The molecule has 0 bridgehead atoms. The molecule has 9 heteroatoms. The van der Waals surface area contributed by atoms with Crippen LogP contribution >= 0.6 is 0 Å². The van der Waals surface area contributed by atoms with Gasteiger partial charge in [0.05, 0.1) is 28.3 Å². The number of imidazole rings is 1. The van der Waals surface area contributed by atoms with Crippen molar-refractivity contribution in [3.63, 3.8) is 0 Å². The zero-order valence-electron chi connectivity index (χ0n) is 20.9. The smallest absolute Gasteiger partial charge is 0.159 e. The van der Waals surface area contributed by atoms with Crippen LogP contribution in [0, 0.1) is 11.7 Å². The quantitative estimate of drug-likeness (QED) is 0.224. The van der Waals surface area contributed by atoms with Crippen LogP contribution in [0.2, 0.25) is 0 Å². The van der Waals surface area contributed by atoms with Crippen molar-refractivity contribution in [2.24, 2.45) is 5.92 Å². The first-order valence-electron chi connectivity index (χ1n) is 13.2. The van der Waals surface area contributed by atoms with Gasteiger partial charge in [0.15, 0.2) is 17.7 Å². The fourth-order valence-corrected chi connectivity index (χ4v) is 5.49. The summed E-state index contributed by atoms with van der Waals surface area (Å²) in [4.78, 5) is 17.3. The standard InChI is InChI=1S/C30H24FN7O/c31-23-9-2-1-7-20(23)21-8-4-10-24-25(21)36-29(35-24)26-22-12-18(14-33-28(22)38-37-26)17-11-19(15-32-13-17)34-30-27(39-30)16-5-3-6-16/h1-2,4,7-16,27,30,34H,3,5-6H2,(H,35,36)(H,33,37,38). The number of hydrogen-bond acceptors (Lipinski definition) is 6. The van der Waals surface area contributed by atoms with Crippen molar-refractivity contribution in [2.45, 2.75) is 31.6 Å². The highest BCUT2D eigenvalue weighted by Crippen LogP contribution is 2.41. The maximum absolute atomic E-state index is 14.6. The lowest BCUT2D eigenvalue weighted by Crippen LogP contribution is -2.21. The molecule has 192 valence electrons. The third kappa shape index (κ3) is 3.85. The van der Waals surface area contributed by atoms with E-state index in [-0.39, 0.29) is 12.0 Å². The number of aromatic nitrogens is 6. The highest BCUT2D eigenvalue weighted by Gasteiger charge is 2.46. The predicted molar refractivity (Wildman–Crippen MR) is 147 cm³/mol. The molecule has 0 radical (unpaired) electrons. The molecule has 1 saturated carbocycles. The second kappa shape index (κ2) is 8.71. The molecule has 8 nitrogen and oxygen atoms in total. The van der Waals surface area contributed by atoms with Crippen molar-refractivity contribution >= 4 is 27.8 Å². The van der Waals surface area contributed by atoms with Crippen molar-refractivity contribution in [1.82, 2.24) is 30.1 Å². The summed E-state index contributed by atoms with van der Waals surface area (Å²) in [5.74, 6) is 0.983. The summed E-state index contributed by atoms with van der Waals surface area (Å²) in [5, 5.41) is 11.8. The van der Waals surface area contributed by atoms with Crippen LogP contribution in [0.1, 0.15) is 19.3 Å². The molecule has 2 aliphatic rings. The number of benzene rings is 2. The lowest BCUT2D eigenvalue weighted by atomic mass is 9.82. The van der Waals surface area contributed by atoms with Gasteiger partial charge in [-0.2, -0.15) is 5.10 Å². The van der Waals surface area contributed by atoms with Crippen molar-refractivity contribution < 1.29 is 9.13 Å². The minimum atomic E-state index is -0.286. The molecule has 2 fully saturated rings. The minimum Gasteiger partial charge on any atom is -0.357 e. The maximum Gasteiger partial charge on any atom is 0.159 e. The first-order chi connectivity index (χ1) is 19.2. The highest BCUT2D eigenvalue weighted by molar-refractivity contribution is 5.97. The highest BCUT2D eigenvalue weighted by atomic mass is 19.1. The summed E-state index contributed by atoms with van der Waals surface area (Å²) in [5.41, 5.74) is 6.79. The molecule has 0 spiro atoms. The average Bonchev–Trinajstić information content (AvgIpc) is 3.32. The van der Waals surface area contributed by atoms with Crippen LogP contribution in [-0.2, 0) is 4.74 Å². The van der Waals surface area contributed by atoms with Gasteiger partial charge in [-0.15, -0.1) is 0 Å². The van der Waals surface area contributed by atoms with E-state index < -0.39 is 0 Å². The summed E-state index contributed by atoms with van der Waals surface area (Å²) in [6, 6.07) is 16.5. The molecule has 1 aliphatic carbocycles. The summed E-state index contributed by atoms with van der Waals surface area (Å²) in [6.07, 6.45) is 9.66. The number of rotatable bonds is 6. The first-order valence-corrected chi connectivity index (χ1v) is 13.2. The van der Waals surface area contributed by atoms with Gasteiger partial charge in [0.1, 0.15) is 17.6 Å². The third-order valence-corrected chi connectivity index (χ3v) is 7.84. The Kier molecular flexibility index (Phi) is 4.99. The summed E-state index contributed by atoms with van der Waals surface area (Å²) < 4.78 is 20.4. The monoisotopic (exact) mass is 517 g/mol. The first kappa shape index (κ1) is 22.4. The van der Waals surface area contributed by atoms with Crippen molar-refractivity contribution in [1.29, 1.82) is 0 Å². The summed E-state index contributed by atoms with van der Waals surface area (Å²) >= 11 is 0. The van der Waals surface area contributed by atoms with Gasteiger partial charge in [-0.25, -0.2) is 14.4 Å². The van der Waals surface area contributed by atoms with Gasteiger partial charge in [0, 0.05) is 34.6 Å². The number of anilines is 1. The second-order valence-corrected chi connectivity index (χ2v) is 10.3. The van der Waals surface area contributed by atoms with Crippen LogP contribution in [0.15, 0.2) is 73.2 Å². The minimum absolute atomic E-state index is 0.0655. The fraction of sp³-hybridized carbons (Fsp3) is 0.200. The number of fused-ring (bicyclic) bond motifs is 2. The second-order valence-electron chi connectivity index (χ2n) is 10.3. The predicted octanol–water partition coefficient (Wildman–Crippen LogP) is 6.31. The van der Waals surface area contributed by atoms with E-state index >= 15 is 0 Å². The van der Waals surface area contributed by atoms with Crippen molar-refractivity contribution in [3.8, 4) is 33.8 Å². The zero-order valence-corrected chi connectivity index (χ0v) is 20.9. The molecule has 0 amide bonds. The Morgan fingerprint density at radius 1 is 0.949 bits per heavy atom. The molecule has 5 heterocycles. The summed E-state index contributed by atoms with van der Waals surface area (Å²) in [7, 11) is 0. The maximum atomic E-state index is 14.6.